The van der Waals surface area contributed by atoms with Gasteiger partial charge in [-0.3, -0.25) is 4.79 Å². The number of rotatable bonds is 4. The molecule has 2 N–H and O–H groups in total. The van der Waals surface area contributed by atoms with Crippen molar-refractivity contribution in [3.05, 3.63) is 52.1 Å². The number of benzene rings is 1. The van der Waals surface area contributed by atoms with E-state index in [0.717, 1.165) is 28.0 Å². The maximum atomic E-state index is 12.2. The number of nitrogens with zero attached hydrogens (tertiary/aromatic N) is 1. The Morgan fingerprint density at radius 2 is 2.30 bits per heavy atom. The van der Waals surface area contributed by atoms with E-state index in [1.165, 1.54) is 0 Å². The molecule has 3 rings (SSSR count). The predicted molar refractivity (Wildman–Crippen MR) is 81.2 cm³/mol. The van der Waals surface area contributed by atoms with Gasteiger partial charge in [-0.2, -0.15) is 0 Å². The van der Waals surface area contributed by atoms with Gasteiger partial charge in [0.2, 0.25) is 0 Å². The summed E-state index contributed by atoms with van der Waals surface area (Å²) >= 11 is 1.63. The summed E-state index contributed by atoms with van der Waals surface area (Å²) < 4.78 is 0. The number of H-pyrrole nitrogens is 1. The molecule has 102 valence electrons. The van der Waals surface area contributed by atoms with E-state index in [4.69, 9.17) is 0 Å². The van der Waals surface area contributed by atoms with Crippen molar-refractivity contribution >= 4 is 28.1 Å². The van der Waals surface area contributed by atoms with E-state index in [2.05, 4.69) is 15.3 Å². The molecule has 0 spiro atoms. The van der Waals surface area contributed by atoms with Gasteiger partial charge in [0.15, 0.2) is 0 Å². The Morgan fingerprint density at radius 3 is 3.10 bits per heavy atom. The van der Waals surface area contributed by atoms with Crippen LogP contribution in [0.1, 0.15) is 21.1 Å². The number of aromatic nitrogens is 2. The van der Waals surface area contributed by atoms with Crippen molar-refractivity contribution in [3.8, 4) is 0 Å². The lowest BCUT2D eigenvalue weighted by Gasteiger charge is -2.05. The Balaban J connectivity index is 1.66. The second kappa shape index (κ2) is 5.46. The molecule has 0 saturated heterocycles. The number of thiazole rings is 1. The molecule has 0 fully saturated rings. The zero-order chi connectivity index (χ0) is 13.9. The first-order valence-electron chi connectivity index (χ1n) is 6.49. The topological polar surface area (TPSA) is 57.8 Å². The van der Waals surface area contributed by atoms with Crippen molar-refractivity contribution in [3.63, 3.8) is 0 Å². The van der Waals surface area contributed by atoms with Crippen molar-refractivity contribution < 1.29 is 4.79 Å². The van der Waals surface area contributed by atoms with Gasteiger partial charge < -0.3 is 10.3 Å². The molecule has 0 aliphatic carbocycles. The van der Waals surface area contributed by atoms with Crippen LogP contribution in [0.2, 0.25) is 0 Å². The third kappa shape index (κ3) is 2.58. The fraction of sp³-hybridized carbons (Fsp3) is 0.200. The summed E-state index contributed by atoms with van der Waals surface area (Å²) in [6.45, 7) is 2.58. The summed E-state index contributed by atoms with van der Waals surface area (Å²) in [7, 11) is 0. The second-order valence-corrected chi connectivity index (χ2v) is 5.58. The zero-order valence-electron chi connectivity index (χ0n) is 11.1. The summed E-state index contributed by atoms with van der Waals surface area (Å²) in [6, 6.07) is 7.62. The third-order valence-electron chi connectivity index (χ3n) is 3.13. The van der Waals surface area contributed by atoms with Crippen molar-refractivity contribution in [2.45, 2.75) is 13.3 Å². The van der Waals surface area contributed by atoms with Crippen LogP contribution in [0.4, 0.5) is 0 Å². The lowest BCUT2D eigenvalue weighted by atomic mass is 10.1. The minimum absolute atomic E-state index is 0.0384. The highest BCUT2D eigenvalue weighted by molar-refractivity contribution is 7.09. The molecular formula is C15H15N3OS. The maximum Gasteiger partial charge on any atom is 0.251 e. The number of aryl methyl sites for hydroxylation is 1. The first-order valence-corrected chi connectivity index (χ1v) is 7.37. The number of nitrogens with one attached hydrogen (secondary N) is 2. The SMILES string of the molecule is Cc1csc(CCNC(=O)c2cccc3[nH]ccc23)n1. The summed E-state index contributed by atoms with van der Waals surface area (Å²) in [5.41, 5.74) is 2.72. The fourth-order valence-electron chi connectivity index (χ4n) is 2.18. The monoisotopic (exact) mass is 285 g/mol. The molecule has 5 heteroatoms. The van der Waals surface area contributed by atoms with E-state index >= 15 is 0 Å². The second-order valence-electron chi connectivity index (χ2n) is 4.63. The molecule has 0 saturated carbocycles. The molecule has 0 radical (unpaired) electrons. The Bertz CT molecular complexity index is 744. The molecule has 2 heterocycles. The van der Waals surface area contributed by atoms with Gasteiger partial charge >= 0.3 is 0 Å². The van der Waals surface area contributed by atoms with Crippen LogP contribution < -0.4 is 5.32 Å². The summed E-state index contributed by atoms with van der Waals surface area (Å²) in [5.74, 6) is -0.0384. The minimum Gasteiger partial charge on any atom is -0.361 e. The van der Waals surface area contributed by atoms with Crippen molar-refractivity contribution in [1.82, 2.24) is 15.3 Å². The van der Waals surface area contributed by atoms with E-state index in [-0.39, 0.29) is 5.91 Å². The van der Waals surface area contributed by atoms with Crippen LogP contribution in [0, 0.1) is 6.92 Å². The minimum atomic E-state index is -0.0384. The number of carbonyl (C=O) groups excluding carboxylic acids is 1. The van der Waals surface area contributed by atoms with E-state index in [1.54, 1.807) is 11.3 Å². The van der Waals surface area contributed by atoms with Crippen LogP contribution >= 0.6 is 11.3 Å². The normalized spacial score (nSPS) is 10.8. The Hall–Kier alpha value is -2.14. The average Bonchev–Trinajstić information content (AvgIpc) is 3.06. The van der Waals surface area contributed by atoms with E-state index in [9.17, 15) is 4.79 Å². The molecule has 2 aromatic heterocycles. The number of fused-ring (bicyclic) bond motifs is 1. The molecule has 3 aromatic rings. The molecule has 1 aromatic carbocycles. The zero-order valence-corrected chi connectivity index (χ0v) is 12.0. The highest BCUT2D eigenvalue weighted by atomic mass is 32.1. The first kappa shape index (κ1) is 12.9. The number of aromatic amines is 1. The van der Waals surface area contributed by atoms with Crippen molar-refractivity contribution in [2.24, 2.45) is 0 Å². The highest BCUT2D eigenvalue weighted by Crippen LogP contribution is 2.17. The van der Waals surface area contributed by atoms with Crippen LogP contribution in [0.25, 0.3) is 10.9 Å². The van der Waals surface area contributed by atoms with Crippen LogP contribution in [0.3, 0.4) is 0 Å². The quantitative estimate of drug-likeness (QED) is 0.774. The van der Waals surface area contributed by atoms with Crippen LogP contribution in [-0.2, 0) is 6.42 Å². The van der Waals surface area contributed by atoms with Gasteiger partial charge in [-0.25, -0.2) is 4.98 Å². The van der Waals surface area contributed by atoms with Gasteiger partial charge in [-0.05, 0) is 25.1 Å². The molecule has 20 heavy (non-hydrogen) atoms. The maximum absolute atomic E-state index is 12.2. The van der Waals surface area contributed by atoms with Gasteiger partial charge in [0.05, 0.1) is 5.01 Å². The predicted octanol–water partition coefficient (Wildman–Crippen LogP) is 2.91. The molecule has 1 amide bonds. The molecule has 0 unspecified atom stereocenters. The van der Waals surface area contributed by atoms with Gasteiger partial charge in [-0.1, -0.05) is 6.07 Å². The lowest BCUT2D eigenvalue weighted by molar-refractivity contribution is 0.0956. The molecule has 0 aliphatic rings. The van der Waals surface area contributed by atoms with Crippen molar-refractivity contribution in [2.75, 3.05) is 6.54 Å². The standard InChI is InChI=1S/C15H15N3OS/c1-10-9-20-14(18-10)6-8-17-15(19)12-3-2-4-13-11(12)5-7-16-13/h2-5,7,9,16H,6,8H2,1H3,(H,17,19). The molecule has 0 bridgehead atoms. The lowest BCUT2D eigenvalue weighted by Crippen LogP contribution is -2.25. The van der Waals surface area contributed by atoms with Crippen molar-refractivity contribution in [1.29, 1.82) is 0 Å². The van der Waals surface area contributed by atoms with Gasteiger partial charge in [0.25, 0.3) is 5.91 Å². The smallest absolute Gasteiger partial charge is 0.251 e. The van der Waals surface area contributed by atoms with E-state index < -0.39 is 0 Å². The third-order valence-corrected chi connectivity index (χ3v) is 4.16. The summed E-state index contributed by atoms with van der Waals surface area (Å²) in [6.07, 6.45) is 2.62. The summed E-state index contributed by atoms with van der Waals surface area (Å²) in [4.78, 5) is 19.7. The van der Waals surface area contributed by atoms with Crippen LogP contribution in [-0.4, -0.2) is 22.4 Å². The molecule has 0 atom stereocenters. The summed E-state index contributed by atoms with van der Waals surface area (Å²) in [5, 5.41) is 6.99. The fourth-order valence-corrected chi connectivity index (χ4v) is 2.96. The molecule has 0 aliphatic heterocycles. The largest absolute Gasteiger partial charge is 0.361 e. The van der Waals surface area contributed by atoms with E-state index in [1.807, 2.05) is 42.8 Å². The number of carbonyl (C=O) groups is 1. The van der Waals surface area contributed by atoms with Gasteiger partial charge in [0.1, 0.15) is 0 Å². The molecular weight excluding hydrogens is 270 g/mol. The van der Waals surface area contributed by atoms with Gasteiger partial charge in [-0.15, -0.1) is 11.3 Å². The Labute approximate surface area is 120 Å². The van der Waals surface area contributed by atoms with Crippen LogP contribution in [0.5, 0.6) is 0 Å². The van der Waals surface area contributed by atoms with Crippen LogP contribution in [0.15, 0.2) is 35.8 Å². The number of hydrogen-bond acceptors (Lipinski definition) is 3. The number of amides is 1. The Morgan fingerprint density at radius 1 is 1.40 bits per heavy atom. The number of hydrogen-bond donors (Lipinski definition) is 2. The van der Waals surface area contributed by atoms with E-state index in [0.29, 0.717) is 12.1 Å². The Kier molecular flexibility index (Phi) is 3.52. The highest BCUT2D eigenvalue weighted by Gasteiger charge is 2.10. The van der Waals surface area contributed by atoms with Gasteiger partial charge in [0, 0.05) is 46.7 Å². The first-order chi connectivity index (χ1) is 9.74. The molecule has 4 nitrogen and oxygen atoms in total. The average molecular weight is 285 g/mol.